The lowest BCUT2D eigenvalue weighted by Gasteiger charge is -2.26. The summed E-state index contributed by atoms with van der Waals surface area (Å²) in [6.45, 7) is 1.63. The fourth-order valence-electron chi connectivity index (χ4n) is 4.21. The summed E-state index contributed by atoms with van der Waals surface area (Å²) in [5.41, 5.74) is 7.94. The first kappa shape index (κ1) is 17.7. The number of nitrogens with zero attached hydrogens (tertiary/aromatic N) is 1. The molecule has 0 heterocycles. The van der Waals surface area contributed by atoms with E-state index in [-0.39, 0.29) is 0 Å². The molecule has 2 nitrogen and oxygen atoms in total. The Bertz CT molecular complexity index is 1080. The van der Waals surface area contributed by atoms with Gasteiger partial charge in [0.05, 0.1) is 0 Å². The minimum absolute atomic E-state index is 0.559. The fourth-order valence-corrected chi connectivity index (χ4v) is 4.21. The number of hydrogen-bond donors (Lipinski definition) is 1. The van der Waals surface area contributed by atoms with Crippen molar-refractivity contribution in [2.24, 2.45) is 0 Å². The average molecular weight is 377 g/mol. The number of rotatable bonds is 5. The minimum Gasteiger partial charge on any atom is -0.384 e. The maximum Gasteiger partial charge on any atom is 0.105 e. The summed E-state index contributed by atoms with van der Waals surface area (Å²) in [6.07, 6.45) is -0.559. The molecule has 0 spiro atoms. The topological polar surface area (TPSA) is 23.5 Å². The first-order valence-corrected chi connectivity index (χ1v) is 10.0. The SMILES string of the molecule is O[C@@H]1c2ccccc2-c2ccc(N(Cc3ccccc3)Cc3ccccc3)cc21. The van der Waals surface area contributed by atoms with E-state index in [0.29, 0.717) is 0 Å². The molecule has 0 saturated carbocycles. The highest BCUT2D eigenvalue weighted by Gasteiger charge is 2.27. The van der Waals surface area contributed by atoms with Crippen molar-refractivity contribution in [3.63, 3.8) is 0 Å². The number of aliphatic hydroxyl groups excluding tert-OH is 1. The number of hydrogen-bond acceptors (Lipinski definition) is 2. The van der Waals surface area contributed by atoms with Crippen LogP contribution in [0, 0.1) is 0 Å². The third-order valence-corrected chi connectivity index (χ3v) is 5.67. The number of anilines is 1. The normalized spacial score (nSPS) is 14.3. The third-order valence-electron chi connectivity index (χ3n) is 5.67. The molecule has 1 aliphatic carbocycles. The molecule has 0 radical (unpaired) electrons. The lowest BCUT2D eigenvalue weighted by atomic mass is 10.0. The second-order valence-electron chi connectivity index (χ2n) is 7.59. The van der Waals surface area contributed by atoms with Gasteiger partial charge in [0.1, 0.15) is 6.10 Å². The Morgan fingerprint density at radius 2 is 1.14 bits per heavy atom. The van der Waals surface area contributed by atoms with Gasteiger partial charge >= 0.3 is 0 Å². The second-order valence-corrected chi connectivity index (χ2v) is 7.59. The number of aliphatic hydroxyl groups is 1. The van der Waals surface area contributed by atoms with E-state index in [0.717, 1.165) is 41.0 Å². The molecule has 1 aliphatic rings. The molecule has 1 N–H and O–H groups in total. The molecule has 4 aromatic carbocycles. The minimum atomic E-state index is -0.559. The van der Waals surface area contributed by atoms with Gasteiger partial charge in [0.15, 0.2) is 0 Å². The van der Waals surface area contributed by atoms with Gasteiger partial charge in [-0.05, 0) is 45.5 Å². The zero-order valence-corrected chi connectivity index (χ0v) is 16.2. The van der Waals surface area contributed by atoms with Crippen LogP contribution in [0.1, 0.15) is 28.4 Å². The van der Waals surface area contributed by atoms with Crippen LogP contribution in [0.5, 0.6) is 0 Å². The van der Waals surface area contributed by atoms with Gasteiger partial charge < -0.3 is 10.0 Å². The Balaban J connectivity index is 1.52. The zero-order chi connectivity index (χ0) is 19.6. The Morgan fingerprint density at radius 3 is 1.79 bits per heavy atom. The van der Waals surface area contributed by atoms with E-state index in [4.69, 9.17) is 0 Å². The van der Waals surface area contributed by atoms with Crippen molar-refractivity contribution in [3.8, 4) is 11.1 Å². The number of benzene rings is 4. The predicted octanol–water partition coefficient (Wildman–Crippen LogP) is 5.96. The maximum atomic E-state index is 10.9. The Kier molecular flexibility index (Phi) is 4.63. The standard InChI is InChI=1S/C27H23NO/c29-27-25-14-8-7-13-23(25)24-16-15-22(17-26(24)27)28(18-20-9-3-1-4-10-20)19-21-11-5-2-6-12-21/h1-17,27,29H,18-19H2/t27-/m1/s1. The molecule has 0 unspecified atom stereocenters. The molecule has 4 aromatic rings. The molecular weight excluding hydrogens is 354 g/mol. The molecule has 0 amide bonds. The lowest BCUT2D eigenvalue weighted by Crippen LogP contribution is -2.22. The summed E-state index contributed by atoms with van der Waals surface area (Å²) in [5, 5.41) is 10.9. The van der Waals surface area contributed by atoms with Crippen molar-refractivity contribution in [2.45, 2.75) is 19.2 Å². The van der Waals surface area contributed by atoms with Gasteiger partial charge in [-0.3, -0.25) is 0 Å². The van der Waals surface area contributed by atoms with E-state index in [1.807, 2.05) is 30.3 Å². The smallest absolute Gasteiger partial charge is 0.105 e. The average Bonchev–Trinajstić information content (AvgIpc) is 3.07. The van der Waals surface area contributed by atoms with Crippen LogP contribution in [-0.2, 0) is 13.1 Å². The van der Waals surface area contributed by atoms with E-state index in [2.05, 4.69) is 77.7 Å². The van der Waals surface area contributed by atoms with Crippen LogP contribution in [0.3, 0.4) is 0 Å². The van der Waals surface area contributed by atoms with Gasteiger partial charge in [-0.1, -0.05) is 91.0 Å². The molecule has 2 heteroatoms. The third kappa shape index (κ3) is 3.43. The first-order chi connectivity index (χ1) is 14.3. The van der Waals surface area contributed by atoms with E-state index in [9.17, 15) is 5.11 Å². The highest BCUT2D eigenvalue weighted by Crippen LogP contribution is 2.44. The molecule has 0 fully saturated rings. The van der Waals surface area contributed by atoms with Crippen molar-refractivity contribution >= 4 is 5.69 Å². The van der Waals surface area contributed by atoms with Gasteiger partial charge in [-0.25, -0.2) is 0 Å². The molecule has 29 heavy (non-hydrogen) atoms. The fraction of sp³-hybridized carbons (Fsp3) is 0.111. The quantitative estimate of drug-likeness (QED) is 0.464. The Labute approximate surface area is 171 Å². The Hall–Kier alpha value is -3.36. The summed E-state index contributed by atoms with van der Waals surface area (Å²) in [6, 6.07) is 35.7. The molecule has 5 rings (SSSR count). The molecular formula is C27H23NO. The predicted molar refractivity (Wildman–Crippen MR) is 119 cm³/mol. The van der Waals surface area contributed by atoms with E-state index >= 15 is 0 Å². The monoisotopic (exact) mass is 377 g/mol. The van der Waals surface area contributed by atoms with Crippen LogP contribution in [0.2, 0.25) is 0 Å². The van der Waals surface area contributed by atoms with E-state index in [1.165, 1.54) is 11.1 Å². The van der Waals surface area contributed by atoms with Gasteiger partial charge in [0.2, 0.25) is 0 Å². The summed E-state index contributed by atoms with van der Waals surface area (Å²) >= 11 is 0. The Morgan fingerprint density at radius 1 is 0.586 bits per heavy atom. The van der Waals surface area contributed by atoms with Crippen molar-refractivity contribution < 1.29 is 5.11 Å². The summed E-state index contributed by atoms with van der Waals surface area (Å²) in [7, 11) is 0. The summed E-state index contributed by atoms with van der Waals surface area (Å²) in [4.78, 5) is 2.38. The van der Waals surface area contributed by atoms with Crippen molar-refractivity contribution in [1.82, 2.24) is 0 Å². The molecule has 142 valence electrons. The molecule has 0 aliphatic heterocycles. The lowest BCUT2D eigenvalue weighted by molar-refractivity contribution is 0.225. The van der Waals surface area contributed by atoms with Gasteiger partial charge in [-0.2, -0.15) is 0 Å². The van der Waals surface area contributed by atoms with Crippen LogP contribution in [-0.4, -0.2) is 5.11 Å². The van der Waals surface area contributed by atoms with E-state index < -0.39 is 6.10 Å². The molecule has 1 atom stereocenters. The van der Waals surface area contributed by atoms with Crippen molar-refractivity contribution in [3.05, 3.63) is 125 Å². The first-order valence-electron chi connectivity index (χ1n) is 10.0. The van der Waals surface area contributed by atoms with Crippen LogP contribution in [0.25, 0.3) is 11.1 Å². The van der Waals surface area contributed by atoms with Gasteiger partial charge in [0.25, 0.3) is 0 Å². The second kappa shape index (κ2) is 7.57. The highest BCUT2D eigenvalue weighted by molar-refractivity contribution is 5.80. The van der Waals surface area contributed by atoms with Gasteiger partial charge in [0, 0.05) is 18.8 Å². The zero-order valence-electron chi connectivity index (χ0n) is 16.2. The number of fused-ring (bicyclic) bond motifs is 3. The highest BCUT2D eigenvalue weighted by atomic mass is 16.3. The van der Waals surface area contributed by atoms with Crippen LogP contribution >= 0.6 is 0 Å². The maximum absolute atomic E-state index is 10.9. The van der Waals surface area contributed by atoms with E-state index in [1.54, 1.807) is 0 Å². The summed E-state index contributed by atoms with van der Waals surface area (Å²) in [5.74, 6) is 0. The molecule has 0 aromatic heterocycles. The van der Waals surface area contributed by atoms with Crippen LogP contribution in [0.15, 0.2) is 103 Å². The van der Waals surface area contributed by atoms with Crippen molar-refractivity contribution in [2.75, 3.05) is 4.90 Å². The largest absolute Gasteiger partial charge is 0.384 e. The van der Waals surface area contributed by atoms with Crippen LogP contribution < -0.4 is 4.90 Å². The molecule has 0 saturated heterocycles. The molecule has 0 bridgehead atoms. The van der Waals surface area contributed by atoms with Gasteiger partial charge in [-0.15, -0.1) is 0 Å². The summed E-state index contributed by atoms with van der Waals surface area (Å²) < 4.78 is 0. The van der Waals surface area contributed by atoms with Crippen LogP contribution in [0.4, 0.5) is 5.69 Å². The van der Waals surface area contributed by atoms with Crippen molar-refractivity contribution in [1.29, 1.82) is 0 Å².